The van der Waals surface area contributed by atoms with Crippen LogP contribution in [0.15, 0.2) is 18.2 Å². The maximum Gasteiger partial charge on any atom is 0.222 e. The molecule has 1 aromatic carbocycles. The molecule has 0 saturated carbocycles. The van der Waals surface area contributed by atoms with Crippen molar-refractivity contribution in [2.45, 2.75) is 38.5 Å². The van der Waals surface area contributed by atoms with Crippen LogP contribution in [0.1, 0.15) is 37.7 Å². The summed E-state index contributed by atoms with van der Waals surface area (Å²) in [5.41, 5.74) is 0.397. The molecule has 0 spiro atoms. The quantitative estimate of drug-likeness (QED) is 0.717. The highest BCUT2D eigenvalue weighted by atomic mass is 19.1. The monoisotopic (exact) mass is 325 g/mol. The molecule has 1 saturated heterocycles. The summed E-state index contributed by atoms with van der Waals surface area (Å²) in [4.78, 5) is 14.2. The van der Waals surface area contributed by atoms with Crippen LogP contribution in [0.2, 0.25) is 0 Å². The lowest BCUT2D eigenvalue weighted by atomic mass is 9.93. The summed E-state index contributed by atoms with van der Waals surface area (Å²) in [5, 5.41) is 0. The van der Waals surface area contributed by atoms with Crippen molar-refractivity contribution >= 4 is 5.91 Å². The van der Waals surface area contributed by atoms with E-state index in [1.165, 1.54) is 12.1 Å². The van der Waals surface area contributed by atoms with Crippen molar-refractivity contribution < 1.29 is 18.3 Å². The first-order valence-corrected chi connectivity index (χ1v) is 8.30. The fourth-order valence-electron chi connectivity index (χ4n) is 3.17. The summed E-state index contributed by atoms with van der Waals surface area (Å²) in [7, 11) is 1.70. The van der Waals surface area contributed by atoms with Crippen LogP contribution < -0.4 is 0 Å². The molecule has 0 unspecified atom stereocenters. The number of nitrogens with zero attached hydrogens (tertiary/aromatic N) is 1. The predicted molar refractivity (Wildman–Crippen MR) is 85.1 cm³/mol. The number of hydrogen-bond donors (Lipinski definition) is 0. The average Bonchev–Trinajstić information content (AvgIpc) is 2.54. The minimum absolute atomic E-state index is 0.0603. The van der Waals surface area contributed by atoms with E-state index in [1.54, 1.807) is 7.11 Å². The molecule has 1 aliphatic rings. The first-order valence-electron chi connectivity index (χ1n) is 8.30. The van der Waals surface area contributed by atoms with Crippen LogP contribution in [-0.4, -0.2) is 37.6 Å². The fraction of sp³-hybridized carbons (Fsp3) is 0.611. The van der Waals surface area contributed by atoms with Gasteiger partial charge in [0.25, 0.3) is 0 Å². The van der Waals surface area contributed by atoms with Gasteiger partial charge in [0.05, 0.1) is 0 Å². The van der Waals surface area contributed by atoms with Gasteiger partial charge < -0.3 is 9.64 Å². The van der Waals surface area contributed by atoms with Crippen LogP contribution in [0.3, 0.4) is 0 Å². The minimum Gasteiger partial charge on any atom is -0.385 e. The van der Waals surface area contributed by atoms with Crippen molar-refractivity contribution in [2.75, 3.05) is 26.8 Å². The molecule has 1 aromatic rings. The van der Waals surface area contributed by atoms with Crippen LogP contribution in [-0.2, 0) is 16.0 Å². The number of halogens is 2. The zero-order chi connectivity index (χ0) is 16.7. The Hall–Kier alpha value is -1.49. The molecular formula is C18H25F2NO2. The molecule has 0 N–H and O–H groups in total. The van der Waals surface area contributed by atoms with Crippen LogP contribution >= 0.6 is 0 Å². The number of aryl methyl sites for hydroxylation is 1. The average molecular weight is 325 g/mol. The number of ether oxygens (including phenoxy) is 1. The molecule has 1 aliphatic heterocycles. The van der Waals surface area contributed by atoms with Crippen LogP contribution in [0.4, 0.5) is 8.78 Å². The Kier molecular flexibility index (Phi) is 6.96. The largest absolute Gasteiger partial charge is 0.385 e. The number of carbonyl (C=O) groups is 1. The second-order valence-corrected chi connectivity index (χ2v) is 6.22. The molecule has 1 heterocycles. The van der Waals surface area contributed by atoms with E-state index >= 15 is 0 Å². The van der Waals surface area contributed by atoms with Gasteiger partial charge in [0.2, 0.25) is 5.91 Å². The fourth-order valence-corrected chi connectivity index (χ4v) is 3.17. The molecule has 128 valence electrons. The molecule has 0 bridgehead atoms. The van der Waals surface area contributed by atoms with Gasteiger partial charge in [-0.1, -0.05) is 6.07 Å². The number of amides is 1. The Morgan fingerprint density at radius 1 is 1.39 bits per heavy atom. The van der Waals surface area contributed by atoms with Crippen molar-refractivity contribution in [3.8, 4) is 0 Å². The Morgan fingerprint density at radius 3 is 2.96 bits per heavy atom. The predicted octanol–water partition coefficient (Wildman–Crippen LogP) is 3.56. The lowest BCUT2D eigenvalue weighted by molar-refractivity contribution is -0.133. The van der Waals surface area contributed by atoms with Gasteiger partial charge in [-0.25, -0.2) is 8.78 Å². The van der Waals surface area contributed by atoms with E-state index in [0.717, 1.165) is 51.4 Å². The first-order chi connectivity index (χ1) is 11.1. The molecule has 2 rings (SSSR count). The third kappa shape index (κ3) is 5.57. The first kappa shape index (κ1) is 17.9. The third-order valence-corrected chi connectivity index (χ3v) is 4.46. The number of piperidine rings is 1. The molecule has 1 amide bonds. The van der Waals surface area contributed by atoms with E-state index in [0.29, 0.717) is 17.9 Å². The van der Waals surface area contributed by atoms with E-state index in [1.807, 2.05) is 4.90 Å². The van der Waals surface area contributed by atoms with Crippen molar-refractivity contribution in [3.05, 3.63) is 35.4 Å². The van der Waals surface area contributed by atoms with E-state index in [-0.39, 0.29) is 12.3 Å². The molecule has 1 atom stereocenters. The molecule has 0 aromatic heterocycles. The topological polar surface area (TPSA) is 29.5 Å². The number of carbonyl (C=O) groups excluding carboxylic acids is 1. The minimum atomic E-state index is -0.590. The zero-order valence-electron chi connectivity index (χ0n) is 13.7. The Balaban J connectivity index is 1.80. The van der Waals surface area contributed by atoms with E-state index in [2.05, 4.69) is 0 Å². The highest BCUT2D eigenvalue weighted by Gasteiger charge is 2.23. The van der Waals surface area contributed by atoms with Gasteiger partial charge in [-0.2, -0.15) is 0 Å². The molecule has 3 nitrogen and oxygen atoms in total. The van der Waals surface area contributed by atoms with Gasteiger partial charge in [-0.15, -0.1) is 0 Å². The van der Waals surface area contributed by atoms with Crippen LogP contribution in [0.25, 0.3) is 0 Å². The highest BCUT2D eigenvalue weighted by Crippen LogP contribution is 2.22. The SMILES string of the molecule is COCCC[C@H]1CCCN(C(=O)CCc2ccc(F)cc2F)C1. The normalized spacial score (nSPS) is 18.2. The number of likely N-dealkylation sites (tertiary alicyclic amines) is 1. The number of benzene rings is 1. The van der Waals surface area contributed by atoms with E-state index in [4.69, 9.17) is 4.74 Å². The summed E-state index contributed by atoms with van der Waals surface area (Å²) in [6.45, 7) is 2.33. The second-order valence-electron chi connectivity index (χ2n) is 6.22. The van der Waals surface area contributed by atoms with Crippen LogP contribution in [0, 0.1) is 17.6 Å². The van der Waals surface area contributed by atoms with Gasteiger partial charge >= 0.3 is 0 Å². The number of methoxy groups -OCH3 is 1. The van der Waals surface area contributed by atoms with E-state index < -0.39 is 11.6 Å². The maximum atomic E-state index is 13.6. The Morgan fingerprint density at radius 2 is 2.22 bits per heavy atom. The van der Waals surface area contributed by atoms with Crippen molar-refractivity contribution in [2.24, 2.45) is 5.92 Å². The highest BCUT2D eigenvalue weighted by molar-refractivity contribution is 5.76. The lowest BCUT2D eigenvalue weighted by Gasteiger charge is -2.33. The smallest absolute Gasteiger partial charge is 0.222 e. The van der Waals surface area contributed by atoms with Gasteiger partial charge in [0.15, 0.2) is 0 Å². The maximum absolute atomic E-state index is 13.6. The summed E-state index contributed by atoms with van der Waals surface area (Å²) in [5.74, 6) is -0.572. The summed E-state index contributed by atoms with van der Waals surface area (Å²) >= 11 is 0. The number of rotatable bonds is 7. The molecular weight excluding hydrogens is 300 g/mol. The van der Waals surface area contributed by atoms with Crippen molar-refractivity contribution in [3.63, 3.8) is 0 Å². The lowest BCUT2D eigenvalue weighted by Crippen LogP contribution is -2.40. The van der Waals surface area contributed by atoms with Gasteiger partial charge in [-0.3, -0.25) is 4.79 Å². The Bertz CT molecular complexity index is 522. The third-order valence-electron chi connectivity index (χ3n) is 4.46. The van der Waals surface area contributed by atoms with Crippen molar-refractivity contribution in [1.29, 1.82) is 0 Å². The zero-order valence-corrected chi connectivity index (χ0v) is 13.7. The van der Waals surface area contributed by atoms with Gasteiger partial charge in [0, 0.05) is 39.3 Å². The summed E-state index contributed by atoms with van der Waals surface area (Å²) < 4.78 is 31.6. The van der Waals surface area contributed by atoms with E-state index in [9.17, 15) is 13.6 Å². The van der Waals surface area contributed by atoms with Crippen molar-refractivity contribution in [1.82, 2.24) is 4.90 Å². The standard InChI is InChI=1S/C18H25F2NO2/c1-23-11-3-5-14-4-2-10-21(13-14)18(22)9-7-15-6-8-16(19)12-17(15)20/h6,8,12,14H,2-5,7,9-11,13H2,1H3/t14-/m1/s1. The molecule has 1 fully saturated rings. The van der Waals surface area contributed by atoms with Gasteiger partial charge in [-0.05, 0) is 49.7 Å². The molecule has 0 radical (unpaired) electrons. The molecule has 5 heteroatoms. The summed E-state index contributed by atoms with van der Waals surface area (Å²) in [6, 6.07) is 3.52. The summed E-state index contributed by atoms with van der Waals surface area (Å²) in [6.07, 6.45) is 4.85. The second kappa shape index (κ2) is 8.96. The van der Waals surface area contributed by atoms with Crippen LogP contribution in [0.5, 0.6) is 0 Å². The Labute approximate surface area is 136 Å². The number of hydrogen-bond acceptors (Lipinski definition) is 2. The van der Waals surface area contributed by atoms with Gasteiger partial charge in [0.1, 0.15) is 11.6 Å². The molecule has 0 aliphatic carbocycles. The molecule has 23 heavy (non-hydrogen) atoms.